The molecule has 2 aliphatic rings. The number of benzene rings is 2. The first kappa shape index (κ1) is 19.5. The van der Waals surface area contributed by atoms with Gasteiger partial charge in [-0.2, -0.15) is 0 Å². The molecule has 29 heavy (non-hydrogen) atoms. The molecule has 0 spiro atoms. The molecular formula is C23H27N3O3. The zero-order valence-corrected chi connectivity index (χ0v) is 16.7. The number of rotatable bonds is 6. The van der Waals surface area contributed by atoms with Gasteiger partial charge in [0.05, 0.1) is 6.54 Å². The summed E-state index contributed by atoms with van der Waals surface area (Å²) in [4.78, 5) is 27.7. The molecule has 0 atom stereocenters. The summed E-state index contributed by atoms with van der Waals surface area (Å²) in [5.74, 6) is -0.803. The van der Waals surface area contributed by atoms with Crippen molar-refractivity contribution in [1.82, 2.24) is 10.2 Å². The van der Waals surface area contributed by atoms with E-state index in [-0.39, 0.29) is 24.7 Å². The Bertz CT molecular complexity index is 893. The van der Waals surface area contributed by atoms with E-state index in [4.69, 9.17) is 5.11 Å². The minimum atomic E-state index is -0.803. The van der Waals surface area contributed by atoms with Crippen LogP contribution in [0.3, 0.4) is 0 Å². The zero-order chi connectivity index (χ0) is 20.4. The van der Waals surface area contributed by atoms with E-state index in [2.05, 4.69) is 23.5 Å². The van der Waals surface area contributed by atoms with Crippen LogP contribution in [0.25, 0.3) is 11.1 Å². The third-order valence-electron chi connectivity index (χ3n) is 6.06. The first-order valence-corrected chi connectivity index (χ1v) is 10.3. The Balaban J connectivity index is 1.40. The number of nitrogens with zero attached hydrogens (tertiary/aromatic N) is 2. The van der Waals surface area contributed by atoms with E-state index in [0.717, 1.165) is 24.9 Å². The molecule has 4 rings (SSSR count). The number of aliphatic carboxylic acids is 1. The number of likely N-dealkylation sites (N-methyl/N-ethyl adjacent to an activating group) is 1. The Morgan fingerprint density at radius 1 is 1.14 bits per heavy atom. The third kappa shape index (κ3) is 3.98. The Kier molecular flexibility index (Phi) is 5.53. The number of carbonyl (C=O) groups excluding carboxylic acids is 1. The second-order valence-corrected chi connectivity index (χ2v) is 7.80. The van der Waals surface area contributed by atoms with Gasteiger partial charge < -0.3 is 10.4 Å². The number of amides is 2. The highest BCUT2D eigenvalue weighted by atomic mass is 16.4. The van der Waals surface area contributed by atoms with E-state index in [1.54, 1.807) is 0 Å². The first-order valence-electron chi connectivity index (χ1n) is 10.3. The molecule has 1 saturated carbocycles. The predicted molar refractivity (Wildman–Crippen MR) is 113 cm³/mol. The fourth-order valence-electron chi connectivity index (χ4n) is 4.46. The summed E-state index contributed by atoms with van der Waals surface area (Å²) in [5, 5.41) is 12.2. The van der Waals surface area contributed by atoms with Gasteiger partial charge in [-0.05, 0) is 48.6 Å². The highest BCUT2D eigenvalue weighted by Gasteiger charge is 2.36. The SMILES string of the molecule is CCN(CC(=O)O)C1CC(NC(=O)N2CCc3c(-c4ccccc4)cccc32)C1. The number of anilines is 1. The molecule has 152 valence electrons. The quantitative estimate of drug-likeness (QED) is 0.789. The van der Waals surface area contributed by atoms with Crippen LogP contribution in [0, 0.1) is 0 Å². The first-order chi connectivity index (χ1) is 14.1. The minimum Gasteiger partial charge on any atom is -0.480 e. The predicted octanol–water partition coefficient (Wildman–Crippen LogP) is 3.36. The van der Waals surface area contributed by atoms with Crippen LogP contribution in [-0.2, 0) is 11.2 Å². The summed E-state index contributed by atoms with van der Waals surface area (Å²) in [6, 6.07) is 16.7. The number of carboxylic acids is 1. The monoisotopic (exact) mass is 393 g/mol. The Morgan fingerprint density at radius 3 is 2.59 bits per heavy atom. The van der Waals surface area contributed by atoms with Crippen molar-refractivity contribution in [1.29, 1.82) is 0 Å². The molecule has 2 aromatic rings. The van der Waals surface area contributed by atoms with Crippen molar-refractivity contribution in [3.8, 4) is 11.1 Å². The molecule has 1 heterocycles. The van der Waals surface area contributed by atoms with E-state index in [1.807, 2.05) is 47.1 Å². The van der Waals surface area contributed by atoms with Crippen molar-refractivity contribution in [2.45, 2.75) is 38.3 Å². The maximum absolute atomic E-state index is 12.9. The number of fused-ring (bicyclic) bond motifs is 1. The van der Waals surface area contributed by atoms with E-state index >= 15 is 0 Å². The van der Waals surface area contributed by atoms with Gasteiger partial charge in [0, 0.05) is 24.3 Å². The smallest absolute Gasteiger partial charge is 0.322 e. The van der Waals surface area contributed by atoms with Crippen LogP contribution in [0.2, 0.25) is 0 Å². The van der Waals surface area contributed by atoms with Gasteiger partial charge in [-0.15, -0.1) is 0 Å². The molecule has 1 aliphatic heterocycles. The summed E-state index contributed by atoms with van der Waals surface area (Å²) >= 11 is 0. The average molecular weight is 393 g/mol. The fraction of sp³-hybridized carbons (Fsp3) is 0.391. The van der Waals surface area contributed by atoms with Crippen LogP contribution in [0.15, 0.2) is 48.5 Å². The summed E-state index contributed by atoms with van der Waals surface area (Å²) in [6.45, 7) is 3.42. The number of carboxylic acid groups (broad SMARTS) is 1. The molecule has 0 unspecified atom stereocenters. The molecule has 1 fully saturated rings. The van der Waals surface area contributed by atoms with Crippen molar-refractivity contribution in [3.63, 3.8) is 0 Å². The van der Waals surface area contributed by atoms with E-state index in [1.165, 1.54) is 16.7 Å². The van der Waals surface area contributed by atoms with Gasteiger partial charge in [-0.3, -0.25) is 14.6 Å². The summed E-state index contributed by atoms with van der Waals surface area (Å²) in [6.07, 6.45) is 2.46. The molecule has 2 N–H and O–H groups in total. The lowest BCUT2D eigenvalue weighted by Gasteiger charge is -2.42. The molecule has 0 bridgehead atoms. The number of hydrogen-bond donors (Lipinski definition) is 2. The fourth-order valence-corrected chi connectivity index (χ4v) is 4.46. The number of urea groups is 1. The summed E-state index contributed by atoms with van der Waals surface area (Å²) < 4.78 is 0. The van der Waals surface area contributed by atoms with Crippen LogP contribution in [0.1, 0.15) is 25.3 Å². The van der Waals surface area contributed by atoms with Crippen molar-refractivity contribution >= 4 is 17.7 Å². The maximum atomic E-state index is 12.9. The van der Waals surface area contributed by atoms with Gasteiger partial charge >= 0.3 is 12.0 Å². The topological polar surface area (TPSA) is 72.9 Å². The molecule has 0 saturated heterocycles. The number of hydrogen-bond acceptors (Lipinski definition) is 3. The van der Waals surface area contributed by atoms with Crippen molar-refractivity contribution in [2.24, 2.45) is 0 Å². The minimum absolute atomic E-state index is 0.0568. The van der Waals surface area contributed by atoms with E-state index in [9.17, 15) is 9.59 Å². The molecule has 6 heteroatoms. The van der Waals surface area contributed by atoms with Gasteiger partial charge in [0.1, 0.15) is 0 Å². The van der Waals surface area contributed by atoms with Crippen LogP contribution >= 0.6 is 0 Å². The Labute approximate surface area is 171 Å². The van der Waals surface area contributed by atoms with Gasteiger partial charge in [-0.25, -0.2) is 4.79 Å². The van der Waals surface area contributed by atoms with Crippen molar-refractivity contribution in [2.75, 3.05) is 24.5 Å². The molecule has 2 aromatic carbocycles. The number of carbonyl (C=O) groups is 2. The van der Waals surface area contributed by atoms with E-state index in [0.29, 0.717) is 13.1 Å². The van der Waals surface area contributed by atoms with Crippen LogP contribution in [0.4, 0.5) is 10.5 Å². The lowest BCUT2D eigenvalue weighted by molar-refractivity contribution is -0.139. The Morgan fingerprint density at radius 2 is 1.90 bits per heavy atom. The van der Waals surface area contributed by atoms with Crippen LogP contribution < -0.4 is 10.2 Å². The number of nitrogens with one attached hydrogen (secondary N) is 1. The summed E-state index contributed by atoms with van der Waals surface area (Å²) in [5.41, 5.74) is 4.57. The third-order valence-corrected chi connectivity index (χ3v) is 6.06. The highest BCUT2D eigenvalue weighted by molar-refractivity contribution is 5.96. The van der Waals surface area contributed by atoms with Gasteiger partial charge in [0.15, 0.2) is 0 Å². The van der Waals surface area contributed by atoms with E-state index < -0.39 is 5.97 Å². The second-order valence-electron chi connectivity index (χ2n) is 7.80. The van der Waals surface area contributed by atoms with Gasteiger partial charge in [0.25, 0.3) is 0 Å². The lowest BCUT2D eigenvalue weighted by Crippen LogP contribution is -2.56. The van der Waals surface area contributed by atoms with Gasteiger partial charge in [-0.1, -0.05) is 49.4 Å². The maximum Gasteiger partial charge on any atom is 0.322 e. The van der Waals surface area contributed by atoms with Gasteiger partial charge in [0.2, 0.25) is 0 Å². The summed E-state index contributed by atoms with van der Waals surface area (Å²) in [7, 11) is 0. The largest absolute Gasteiger partial charge is 0.480 e. The molecule has 1 aliphatic carbocycles. The Hall–Kier alpha value is -2.86. The van der Waals surface area contributed by atoms with Crippen LogP contribution in [-0.4, -0.2) is 53.7 Å². The highest BCUT2D eigenvalue weighted by Crippen LogP contribution is 2.36. The molecular weight excluding hydrogens is 366 g/mol. The molecule has 0 aromatic heterocycles. The van der Waals surface area contributed by atoms with Crippen molar-refractivity contribution in [3.05, 3.63) is 54.1 Å². The van der Waals surface area contributed by atoms with Crippen molar-refractivity contribution < 1.29 is 14.7 Å². The lowest BCUT2D eigenvalue weighted by atomic mass is 9.85. The normalized spacial score (nSPS) is 20.3. The van der Waals surface area contributed by atoms with Crippen LogP contribution in [0.5, 0.6) is 0 Å². The molecule has 0 radical (unpaired) electrons. The molecule has 2 amide bonds. The molecule has 6 nitrogen and oxygen atoms in total. The second kappa shape index (κ2) is 8.25. The standard InChI is InChI=1S/C23H27N3O3/c1-2-25(15-22(27)28)18-13-17(14-18)24-23(29)26-12-11-20-19(9-6-10-21(20)26)16-7-4-3-5-8-16/h3-10,17-18H,2,11-15H2,1H3,(H,24,29)(H,27,28). The average Bonchev–Trinajstić information content (AvgIpc) is 3.13. The zero-order valence-electron chi connectivity index (χ0n) is 16.7.